The van der Waals surface area contributed by atoms with Crippen LogP contribution in [-0.4, -0.2) is 42.5 Å². The van der Waals surface area contributed by atoms with Gasteiger partial charge in [0.1, 0.15) is 11.9 Å². The van der Waals surface area contributed by atoms with Gasteiger partial charge in [0.15, 0.2) is 0 Å². The van der Waals surface area contributed by atoms with Gasteiger partial charge in [0.2, 0.25) is 0 Å². The van der Waals surface area contributed by atoms with Crippen LogP contribution >= 0.6 is 0 Å². The molecule has 2 atom stereocenters. The van der Waals surface area contributed by atoms with Crippen molar-refractivity contribution in [1.29, 1.82) is 0 Å². The fourth-order valence-corrected chi connectivity index (χ4v) is 2.21. The summed E-state index contributed by atoms with van der Waals surface area (Å²) < 4.78 is 13.4. The minimum absolute atomic E-state index is 0.0479. The molecule has 5 nitrogen and oxygen atoms in total. The molecular weight excluding hydrogens is 218 g/mol. The second-order valence-electron chi connectivity index (χ2n) is 4.23. The molecule has 0 aliphatic carbocycles. The van der Waals surface area contributed by atoms with Gasteiger partial charge in [-0.1, -0.05) is 6.92 Å². The normalized spacial score (nSPS) is 22.6. The highest BCUT2D eigenvalue weighted by Crippen LogP contribution is 2.20. The fraction of sp³-hybridized carbons (Fsp3) is 0.750. The minimum Gasteiger partial charge on any atom is -0.376 e. The zero-order valence-electron chi connectivity index (χ0n) is 10.6. The summed E-state index contributed by atoms with van der Waals surface area (Å²) in [6.07, 6.45) is 5.01. The van der Waals surface area contributed by atoms with Crippen LogP contribution in [0, 0.1) is 0 Å². The largest absolute Gasteiger partial charge is 0.376 e. The molecule has 17 heavy (non-hydrogen) atoms. The second-order valence-corrected chi connectivity index (χ2v) is 4.23. The Labute approximate surface area is 102 Å². The van der Waals surface area contributed by atoms with E-state index in [1.807, 2.05) is 19.4 Å². The van der Waals surface area contributed by atoms with Gasteiger partial charge in [0, 0.05) is 18.9 Å². The smallest absolute Gasteiger partial charge is 0.128 e. The number of ether oxygens (including phenoxy) is 2. The average molecular weight is 239 g/mol. The van der Waals surface area contributed by atoms with Crippen molar-refractivity contribution in [2.24, 2.45) is 0 Å². The number of rotatable bonds is 5. The van der Waals surface area contributed by atoms with E-state index in [2.05, 4.69) is 21.8 Å². The van der Waals surface area contributed by atoms with Crippen LogP contribution in [0.25, 0.3) is 0 Å². The number of nitrogens with one attached hydrogen (secondary N) is 1. The quantitative estimate of drug-likeness (QED) is 0.831. The van der Waals surface area contributed by atoms with E-state index >= 15 is 0 Å². The summed E-state index contributed by atoms with van der Waals surface area (Å²) in [7, 11) is 1.94. The van der Waals surface area contributed by atoms with Gasteiger partial charge in [-0.3, -0.25) is 0 Å². The van der Waals surface area contributed by atoms with Crippen LogP contribution in [0.2, 0.25) is 0 Å². The number of likely N-dealkylation sites (N-methyl/N-ethyl adjacent to an activating group) is 1. The highest BCUT2D eigenvalue weighted by molar-refractivity contribution is 5.02. The summed E-state index contributed by atoms with van der Waals surface area (Å²) in [5, 5.41) is 3.28. The van der Waals surface area contributed by atoms with E-state index in [9.17, 15) is 0 Å². The number of aromatic nitrogens is 2. The predicted octanol–water partition coefficient (Wildman–Crippen LogP) is 0.969. The Morgan fingerprint density at radius 1 is 1.59 bits per heavy atom. The maximum absolute atomic E-state index is 5.75. The monoisotopic (exact) mass is 239 g/mol. The third kappa shape index (κ3) is 2.86. The molecule has 1 aliphatic heterocycles. The average Bonchev–Trinajstić information content (AvgIpc) is 2.81. The Kier molecular flexibility index (Phi) is 4.53. The van der Waals surface area contributed by atoms with Gasteiger partial charge in [-0.15, -0.1) is 0 Å². The third-order valence-electron chi connectivity index (χ3n) is 3.01. The lowest BCUT2D eigenvalue weighted by atomic mass is 10.1. The van der Waals surface area contributed by atoms with Crippen LogP contribution in [0.15, 0.2) is 12.4 Å². The standard InChI is InChI=1S/C12H21N3O2/c1-3-5-15-6-4-14-12(15)11(13-2)10-9-16-7-8-17-10/h4,6,10-11,13H,3,5,7-9H2,1-2H3. The molecule has 0 bridgehead atoms. The van der Waals surface area contributed by atoms with E-state index in [4.69, 9.17) is 9.47 Å². The first kappa shape index (κ1) is 12.5. The van der Waals surface area contributed by atoms with E-state index in [1.54, 1.807) is 0 Å². The van der Waals surface area contributed by atoms with Gasteiger partial charge in [-0.05, 0) is 13.5 Å². The Morgan fingerprint density at radius 3 is 3.12 bits per heavy atom. The predicted molar refractivity (Wildman–Crippen MR) is 64.9 cm³/mol. The van der Waals surface area contributed by atoms with Gasteiger partial charge in [-0.2, -0.15) is 0 Å². The third-order valence-corrected chi connectivity index (χ3v) is 3.01. The summed E-state index contributed by atoms with van der Waals surface area (Å²) >= 11 is 0. The van der Waals surface area contributed by atoms with Gasteiger partial charge in [0.25, 0.3) is 0 Å². The van der Waals surface area contributed by atoms with Crippen molar-refractivity contribution in [3.63, 3.8) is 0 Å². The van der Waals surface area contributed by atoms with Crippen molar-refractivity contribution in [1.82, 2.24) is 14.9 Å². The van der Waals surface area contributed by atoms with Crippen LogP contribution in [0.5, 0.6) is 0 Å². The molecule has 0 amide bonds. The summed E-state index contributed by atoms with van der Waals surface area (Å²) in [6, 6.07) is 0.0943. The molecule has 0 aromatic carbocycles. The number of hydrogen-bond donors (Lipinski definition) is 1. The molecule has 1 saturated heterocycles. The van der Waals surface area contributed by atoms with Gasteiger partial charge in [-0.25, -0.2) is 4.98 Å². The molecule has 96 valence electrons. The fourth-order valence-electron chi connectivity index (χ4n) is 2.21. The van der Waals surface area contributed by atoms with Crippen molar-refractivity contribution in [3.8, 4) is 0 Å². The second kappa shape index (κ2) is 6.14. The lowest BCUT2D eigenvalue weighted by Gasteiger charge is -2.30. The molecule has 1 N–H and O–H groups in total. The first-order valence-corrected chi connectivity index (χ1v) is 6.24. The number of aryl methyl sites for hydroxylation is 1. The Hall–Kier alpha value is -0.910. The van der Waals surface area contributed by atoms with Crippen molar-refractivity contribution >= 4 is 0 Å². The summed E-state index contributed by atoms with van der Waals surface area (Å²) in [5.41, 5.74) is 0. The van der Waals surface area contributed by atoms with Gasteiger partial charge in [0.05, 0.1) is 25.9 Å². The van der Waals surface area contributed by atoms with E-state index < -0.39 is 0 Å². The first-order chi connectivity index (χ1) is 8.36. The van der Waals surface area contributed by atoms with Gasteiger partial charge >= 0.3 is 0 Å². The molecule has 1 aliphatic rings. The molecule has 2 unspecified atom stereocenters. The van der Waals surface area contributed by atoms with Crippen molar-refractivity contribution in [2.75, 3.05) is 26.9 Å². The highest BCUT2D eigenvalue weighted by atomic mass is 16.6. The molecule has 2 rings (SSSR count). The lowest BCUT2D eigenvalue weighted by Crippen LogP contribution is -2.40. The molecular formula is C12H21N3O2. The molecule has 5 heteroatoms. The van der Waals surface area contributed by atoms with E-state index in [0.717, 1.165) is 18.8 Å². The van der Waals surface area contributed by atoms with Crippen LogP contribution in [-0.2, 0) is 16.0 Å². The van der Waals surface area contributed by atoms with Crippen LogP contribution in [0.1, 0.15) is 25.2 Å². The summed E-state index contributed by atoms with van der Waals surface area (Å²) in [5.74, 6) is 1.03. The topological polar surface area (TPSA) is 48.3 Å². The van der Waals surface area contributed by atoms with E-state index in [-0.39, 0.29) is 12.1 Å². The van der Waals surface area contributed by atoms with Crippen LogP contribution in [0.3, 0.4) is 0 Å². The van der Waals surface area contributed by atoms with Crippen molar-refractivity contribution in [3.05, 3.63) is 18.2 Å². The maximum atomic E-state index is 5.75. The summed E-state index contributed by atoms with van der Waals surface area (Å²) in [6.45, 7) is 5.14. The number of nitrogens with zero attached hydrogens (tertiary/aromatic N) is 2. The molecule has 1 aromatic heterocycles. The zero-order chi connectivity index (χ0) is 12.1. The van der Waals surface area contributed by atoms with Crippen LogP contribution < -0.4 is 5.32 Å². The highest BCUT2D eigenvalue weighted by Gasteiger charge is 2.28. The minimum atomic E-state index is 0.0479. The van der Waals surface area contributed by atoms with Crippen molar-refractivity contribution in [2.45, 2.75) is 32.0 Å². The number of hydrogen-bond acceptors (Lipinski definition) is 4. The Bertz CT molecular complexity index is 334. The Morgan fingerprint density at radius 2 is 2.47 bits per heavy atom. The molecule has 0 saturated carbocycles. The van der Waals surface area contributed by atoms with Gasteiger partial charge < -0.3 is 19.4 Å². The number of imidazole rings is 1. The SMILES string of the molecule is CCCn1ccnc1C(NC)C1COCCO1. The first-order valence-electron chi connectivity index (χ1n) is 6.24. The summed E-state index contributed by atoms with van der Waals surface area (Å²) in [4.78, 5) is 4.45. The molecule has 0 radical (unpaired) electrons. The van der Waals surface area contributed by atoms with Crippen molar-refractivity contribution < 1.29 is 9.47 Å². The zero-order valence-corrected chi connectivity index (χ0v) is 10.6. The maximum Gasteiger partial charge on any atom is 0.128 e. The van der Waals surface area contributed by atoms with E-state index in [0.29, 0.717) is 19.8 Å². The van der Waals surface area contributed by atoms with E-state index in [1.165, 1.54) is 0 Å². The lowest BCUT2D eigenvalue weighted by molar-refractivity contribution is -0.103. The molecule has 1 fully saturated rings. The molecule has 2 heterocycles. The molecule has 0 spiro atoms. The Balaban J connectivity index is 2.12. The van der Waals surface area contributed by atoms with Crippen LogP contribution in [0.4, 0.5) is 0 Å². The molecule has 1 aromatic rings.